The number of aliphatic hydroxyl groups is 1. The van der Waals surface area contributed by atoms with Crippen LogP contribution in [0.15, 0.2) is 18.2 Å². The van der Waals surface area contributed by atoms with Gasteiger partial charge in [0.15, 0.2) is 0 Å². The zero-order chi connectivity index (χ0) is 25.6. The summed E-state index contributed by atoms with van der Waals surface area (Å²) >= 11 is 0. The summed E-state index contributed by atoms with van der Waals surface area (Å²) in [6.07, 6.45) is -1.76. The third-order valence-corrected chi connectivity index (χ3v) is 6.19. The van der Waals surface area contributed by atoms with Crippen LogP contribution in [0.3, 0.4) is 0 Å². The van der Waals surface area contributed by atoms with Crippen LogP contribution < -0.4 is 26.6 Å². The summed E-state index contributed by atoms with van der Waals surface area (Å²) in [6.45, 7) is 10.8. The number of ether oxygens (including phenoxy) is 2. The molecule has 192 valence electrons. The average Bonchev–Trinajstić information content (AvgIpc) is 2.76. The minimum atomic E-state index is -0.528. The van der Waals surface area contributed by atoms with Crippen molar-refractivity contribution >= 4 is 23.6 Å². The van der Waals surface area contributed by atoms with E-state index in [1.54, 1.807) is 30.6 Å². The molecule has 10 heteroatoms. The van der Waals surface area contributed by atoms with Crippen LogP contribution in [0, 0.1) is 5.92 Å². The van der Waals surface area contributed by atoms with Crippen LogP contribution in [0.25, 0.3) is 0 Å². The number of aliphatic hydroxyl groups excluding tert-OH is 1. The van der Waals surface area contributed by atoms with Crippen LogP contribution in [-0.4, -0.2) is 74.9 Å². The van der Waals surface area contributed by atoms with Crippen molar-refractivity contribution in [2.24, 2.45) is 17.4 Å². The van der Waals surface area contributed by atoms with Gasteiger partial charge in [0.25, 0.3) is 0 Å². The number of nitrogens with one attached hydrogen (secondary N) is 1. The predicted octanol–water partition coefficient (Wildman–Crippen LogP) is 1.99. The first-order valence-corrected chi connectivity index (χ1v) is 11.8. The average molecular weight is 480 g/mol. The van der Waals surface area contributed by atoms with E-state index in [9.17, 15) is 14.7 Å². The van der Waals surface area contributed by atoms with Crippen molar-refractivity contribution in [2.45, 2.75) is 64.8 Å². The molecule has 1 aromatic carbocycles. The monoisotopic (exact) mass is 479 g/mol. The second kappa shape index (κ2) is 12.3. The van der Waals surface area contributed by atoms with E-state index in [0.717, 1.165) is 5.56 Å². The fraction of sp³-hybridized carbons (Fsp3) is 0.667. The Labute approximate surface area is 202 Å². The molecule has 1 aromatic rings. The molecule has 0 saturated carbocycles. The summed E-state index contributed by atoms with van der Waals surface area (Å²) in [5, 5.41) is 13.3. The number of nitrogens with zero attached hydrogens (tertiary/aromatic N) is 2. The van der Waals surface area contributed by atoms with Gasteiger partial charge in [-0.05, 0) is 52.3 Å². The Kier molecular flexibility index (Phi) is 10.1. The topological polar surface area (TPSA) is 143 Å². The number of methoxy groups -OCH3 is 1. The maximum atomic E-state index is 12.9. The molecule has 0 saturated heterocycles. The smallest absolute Gasteiger partial charge is 0.414 e. The molecular weight excluding hydrogens is 438 g/mol. The summed E-state index contributed by atoms with van der Waals surface area (Å²) in [5.41, 5.74) is 14.2. The first-order valence-electron chi connectivity index (χ1n) is 11.8. The van der Waals surface area contributed by atoms with E-state index in [1.165, 1.54) is 7.11 Å². The number of hydrogen-bond acceptors (Lipinski definition) is 8. The Morgan fingerprint density at radius 3 is 2.38 bits per heavy atom. The number of benzene rings is 1. The molecule has 6 N–H and O–H groups in total. The highest BCUT2D eigenvalue weighted by atomic mass is 16.6. The summed E-state index contributed by atoms with van der Waals surface area (Å²) in [4.78, 5) is 28.5. The maximum Gasteiger partial charge on any atom is 0.414 e. The van der Waals surface area contributed by atoms with Gasteiger partial charge in [0.05, 0.1) is 43.3 Å². The quantitative estimate of drug-likeness (QED) is 0.421. The molecule has 2 amide bonds. The predicted molar refractivity (Wildman–Crippen MR) is 133 cm³/mol. The molecule has 1 aliphatic heterocycles. The van der Waals surface area contributed by atoms with Gasteiger partial charge < -0.3 is 31.4 Å². The fourth-order valence-corrected chi connectivity index (χ4v) is 4.27. The molecule has 0 bridgehead atoms. The van der Waals surface area contributed by atoms with E-state index in [0.29, 0.717) is 31.0 Å². The van der Waals surface area contributed by atoms with Crippen molar-refractivity contribution in [3.8, 4) is 0 Å². The fourth-order valence-electron chi connectivity index (χ4n) is 4.27. The number of amides is 2. The van der Waals surface area contributed by atoms with Crippen molar-refractivity contribution in [1.82, 2.24) is 5.32 Å². The van der Waals surface area contributed by atoms with E-state index >= 15 is 0 Å². The lowest BCUT2D eigenvalue weighted by atomic mass is 9.94. The number of nitrogens with two attached hydrogens (primary N) is 2. The van der Waals surface area contributed by atoms with Gasteiger partial charge in [0.2, 0.25) is 0 Å². The van der Waals surface area contributed by atoms with Gasteiger partial charge in [0, 0.05) is 37.5 Å². The number of hydrogen-bond donors (Lipinski definition) is 4. The van der Waals surface area contributed by atoms with Crippen molar-refractivity contribution in [3.63, 3.8) is 0 Å². The molecule has 10 nitrogen and oxygen atoms in total. The number of rotatable bonds is 9. The third kappa shape index (κ3) is 6.59. The Morgan fingerprint density at radius 2 is 1.85 bits per heavy atom. The molecule has 0 fully saturated rings. The highest BCUT2D eigenvalue weighted by Gasteiger charge is 2.37. The lowest BCUT2D eigenvalue weighted by molar-refractivity contribution is 0.112. The second-order valence-electron chi connectivity index (χ2n) is 9.33. The van der Waals surface area contributed by atoms with E-state index < -0.39 is 18.3 Å². The zero-order valence-corrected chi connectivity index (χ0v) is 21.2. The minimum absolute atomic E-state index is 0.0538. The van der Waals surface area contributed by atoms with Crippen LogP contribution in [0.4, 0.5) is 21.0 Å². The van der Waals surface area contributed by atoms with E-state index in [1.807, 2.05) is 32.0 Å². The Balaban J connectivity index is 2.35. The second-order valence-corrected chi connectivity index (χ2v) is 9.33. The van der Waals surface area contributed by atoms with Crippen molar-refractivity contribution < 1.29 is 24.2 Å². The summed E-state index contributed by atoms with van der Waals surface area (Å²) in [5.74, 6) is -0.139. The van der Waals surface area contributed by atoms with Crippen LogP contribution in [0.2, 0.25) is 0 Å². The maximum absolute atomic E-state index is 12.9. The van der Waals surface area contributed by atoms with Crippen LogP contribution in [-0.2, 0) is 9.47 Å². The standard InChI is InChI=1S/C24H41N5O5/c1-14(2)34-23(31)28-13-15(3)29(24(32)33-6)21-8-7-18(9-22(21)28)19(10-25)11-27-12-20(16(4)26)17(5)30/h7-9,14-17,19-20,27,30H,10-13,25-26H2,1-6H3/t15-,16?,17?,19?,20?/m0/s1. The van der Waals surface area contributed by atoms with Gasteiger partial charge >= 0.3 is 12.2 Å². The van der Waals surface area contributed by atoms with Crippen molar-refractivity contribution in [3.05, 3.63) is 23.8 Å². The molecule has 1 aliphatic rings. The van der Waals surface area contributed by atoms with Gasteiger partial charge in [-0.3, -0.25) is 9.80 Å². The van der Waals surface area contributed by atoms with Gasteiger partial charge in [-0.15, -0.1) is 0 Å². The van der Waals surface area contributed by atoms with Gasteiger partial charge in [-0.1, -0.05) is 6.07 Å². The third-order valence-electron chi connectivity index (χ3n) is 6.19. The molecular formula is C24H41N5O5. The summed E-state index contributed by atoms with van der Waals surface area (Å²) < 4.78 is 10.4. The molecule has 0 spiro atoms. The normalized spacial score (nSPS) is 19.3. The molecule has 1 heterocycles. The number of fused-ring (bicyclic) bond motifs is 1. The van der Waals surface area contributed by atoms with E-state index in [2.05, 4.69) is 5.32 Å². The van der Waals surface area contributed by atoms with Gasteiger partial charge in [-0.25, -0.2) is 9.59 Å². The number of anilines is 2. The SMILES string of the molecule is COC(=O)N1c2ccc(C(CN)CNCC(C(C)N)C(C)O)cc2N(C(=O)OC(C)C)C[C@@H]1C. The molecule has 0 radical (unpaired) electrons. The lowest BCUT2D eigenvalue weighted by Crippen LogP contribution is -2.52. The number of carbonyl (C=O) groups is 2. The number of carbonyl (C=O) groups excluding carboxylic acids is 2. The highest BCUT2D eigenvalue weighted by Crippen LogP contribution is 2.38. The van der Waals surface area contributed by atoms with Gasteiger partial charge in [-0.2, -0.15) is 0 Å². The lowest BCUT2D eigenvalue weighted by Gasteiger charge is -2.40. The van der Waals surface area contributed by atoms with Crippen LogP contribution in [0.5, 0.6) is 0 Å². The summed E-state index contributed by atoms with van der Waals surface area (Å²) in [6, 6.07) is 5.16. The molecule has 5 atom stereocenters. The van der Waals surface area contributed by atoms with Crippen LogP contribution in [0.1, 0.15) is 46.1 Å². The first-order chi connectivity index (χ1) is 16.0. The van der Waals surface area contributed by atoms with Gasteiger partial charge in [0.1, 0.15) is 0 Å². The molecule has 0 aromatic heterocycles. The van der Waals surface area contributed by atoms with E-state index in [4.69, 9.17) is 20.9 Å². The van der Waals surface area contributed by atoms with Crippen LogP contribution >= 0.6 is 0 Å². The summed E-state index contributed by atoms with van der Waals surface area (Å²) in [7, 11) is 1.33. The molecule has 2 rings (SSSR count). The first kappa shape index (κ1) is 27.8. The Bertz CT molecular complexity index is 824. The minimum Gasteiger partial charge on any atom is -0.452 e. The van der Waals surface area contributed by atoms with E-state index in [-0.39, 0.29) is 36.6 Å². The zero-order valence-electron chi connectivity index (χ0n) is 21.2. The molecule has 4 unspecified atom stereocenters. The Hall–Kier alpha value is -2.40. The van der Waals surface area contributed by atoms with Crippen molar-refractivity contribution in [1.29, 1.82) is 0 Å². The Morgan fingerprint density at radius 1 is 1.18 bits per heavy atom. The molecule has 34 heavy (non-hydrogen) atoms. The molecule has 0 aliphatic carbocycles. The van der Waals surface area contributed by atoms with Crippen molar-refractivity contribution in [2.75, 3.05) is 43.1 Å². The highest BCUT2D eigenvalue weighted by molar-refractivity contribution is 6.00. The largest absolute Gasteiger partial charge is 0.452 e.